The van der Waals surface area contributed by atoms with Crippen LogP contribution < -0.4 is 10.6 Å². The quantitative estimate of drug-likeness (QED) is 0.830. The second-order valence-corrected chi connectivity index (χ2v) is 5.70. The molecule has 1 atom stereocenters. The summed E-state index contributed by atoms with van der Waals surface area (Å²) in [7, 11) is 1.74. The average Bonchev–Trinajstić information content (AvgIpc) is 2.47. The summed E-state index contributed by atoms with van der Waals surface area (Å²) in [6.45, 7) is 3.96. The SMILES string of the molecule is CO[C@H](C)CN1CCCc2ccc(CCCC(N)=O)nc21. The van der Waals surface area contributed by atoms with E-state index in [-0.39, 0.29) is 12.0 Å². The van der Waals surface area contributed by atoms with Crippen LogP contribution in [0.25, 0.3) is 0 Å². The van der Waals surface area contributed by atoms with Gasteiger partial charge in [0.05, 0.1) is 6.10 Å². The Morgan fingerprint density at radius 2 is 2.33 bits per heavy atom. The van der Waals surface area contributed by atoms with E-state index in [1.165, 1.54) is 5.56 Å². The molecule has 0 fully saturated rings. The molecule has 0 unspecified atom stereocenters. The van der Waals surface area contributed by atoms with Gasteiger partial charge in [-0.05, 0) is 44.2 Å². The minimum atomic E-state index is -0.247. The number of nitrogens with two attached hydrogens (primary N) is 1. The van der Waals surface area contributed by atoms with Crippen LogP contribution in [-0.2, 0) is 22.4 Å². The number of carbonyl (C=O) groups is 1. The third kappa shape index (κ3) is 4.43. The topological polar surface area (TPSA) is 68.5 Å². The molecule has 0 radical (unpaired) electrons. The molecule has 2 rings (SSSR count). The highest BCUT2D eigenvalue weighted by Gasteiger charge is 2.20. The fourth-order valence-corrected chi connectivity index (χ4v) is 2.70. The van der Waals surface area contributed by atoms with E-state index >= 15 is 0 Å². The van der Waals surface area contributed by atoms with E-state index in [2.05, 4.69) is 24.0 Å². The fourth-order valence-electron chi connectivity index (χ4n) is 2.70. The van der Waals surface area contributed by atoms with Gasteiger partial charge in [-0.15, -0.1) is 0 Å². The molecule has 0 aromatic carbocycles. The molecule has 116 valence electrons. The Morgan fingerprint density at radius 1 is 1.52 bits per heavy atom. The van der Waals surface area contributed by atoms with Crippen molar-refractivity contribution in [3.05, 3.63) is 23.4 Å². The lowest BCUT2D eigenvalue weighted by Gasteiger charge is -2.32. The number of ether oxygens (including phenoxy) is 1. The number of pyridine rings is 1. The summed E-state index contributed by atoms with van der Waals surface area (Å²) < 4.78 is 5.37. The highest BCUT2D eigenvalue weighted by atomic mass is 16.5. The summed E-state index contributed by atoms with van der Waals surface area (Å²) >= 11 is 0. The molecule has 0 bridgehead atoms. The maximum atomic E-state index is 10.8. The first kappa shape index (κ1) is 15.8. The zero-order valence-electron chi connectivity index (χ0n) is 13.0. The molecule has 1 amide bonds. The maximum Gasteiger partial charge on any atom is 0.217 e. The van der Waals surface area contributed by atoms with Crippen LogP contribution in [0, 0.1) is 0 Å². The van der Waals surface area contributed by atoms with Gasteiger partial charge in [0.25, 0.3) is 0 Å². The maximum absolute atomic E-state index is 10.8. The number of hydrogen-bond acceptors (Lipinski definition) is 4. The molecule has 5 heteroatoms. The Kier molecular flexibility index (Phi) is 5.56. The minimum Gasteiger partial charge on any atom is -0.380 e. The normalized spacial score (nSPS) is 15.6. The van der Waals surface area contributed by atoms with Crippen LogP contribution in [0.15, 0.2) is 12.1 Å². The Bertz CT molecular complexity index is 490. The number of amides is 1. The zero-order chi connectivity index (χ0) is 15.2. The number of nitrogens with zero attached hydrogens (tertiary/aromatic N) is 2. The van der Waals surface area contributed by atoms with Gasteiger partial charge in [0.2, 0.25) is 5.91 Å². The molecule has 2 heterocycles. The van der Waals surface area contributed by atoms with Gasteiger partial charge < -0.3 is 15.4 Å². The molecule has 1 aliphatic rings. The Balaban J connectivity index is 2.07. The van der Waals surface area contributed by atoms with E-state index in [1.807, 2.05) is 0 Å². The lowest BCUT2D eigenvalue weighted by molar-refractivity contribution is -0.118. The first-order valence-corrected chi connectivity index (χ1v) is 7.65. The van der Waals surface area contributed by atoms with Crippen molar-refractivity contribution in [1.82, 2.24) is 4.98 Å². The molecular formula is C16H25N3O2. The van der Waals surface area contributed by atoms with Crippen molar-refractivity contribution < 1.29 is 9.53 Å². The summed E-state index contributed by atoms with van der Waals surface area (Å²) in [6.07, 6.45) is 4.41. The van der Waals surface area contributed by atoms with E-state index in [0.717, 1.165) is 50.3 Å². The van der Waals surface area contributed by atoms with Crippen LogP contribution in [0.2, 0.25) is 0 Å². The molecule has 5 nitrogen and oxygen atoms in total. The zero-order valence-corrected chi connectivity index (χ0v) is 13.0. The largest absolute Gasteiger partial charge is 0.380 e. The Hall–Kier alpha value is -1.62. The lowest BCUT2D eigenvalue weighted by Crippen LogP contribution is -2.36. The second kappa shape index (κ2) is 7.41. The van der Waals surface area contributed by atoms with Crippen molar-refractivity contribution in [2.24, 2.45) is 5.73 Å². The van der Waals surface area contributed by atoms with Gasteiger partial charge in [-0.1, -0.05) is 6.07 Å². The standard InChI is InChI=1S/C16H25N3O2/c1-12(21-2)11-19-10-4-5-13-8-9-14(18-16(13)19)6-3-7-15(17)20/h8-9,12H,3-7,10-11H2,1-2H3,(H2,17,20)/t12-/m1/s1. The predicted molar refractivity (Wildman–Crippen MR) is 83.4 cm³/mol. The van der Waals surface area contributed by atoms with Crippen molar-refractivity contribution in [1.29, 1.82) is 0 Å². The highest BCUT2D eigenvalue weighted by Crippen LogP contribution is 2.26. The number of fused-ring (bicyclic) bond motifs is 1. The van der Waals surface area contributed by atoms with E-state index < -0.39 is 0 Å². The van der Waals surface area contributed by atoms with Crippen LogP contribution in [0.4, 0.5) is 5.82 Å². The molecular weight excluding hydrogens is 266 g/mol. The first-order valence-electron chi connectivity index (χ1n) is 7.65. The summed E-state index contributed by atoms with van der Waals surface area (Å²) in [5, 5.41) is 0. The minimum absolute atomic E-state index is 0.191. The lowest BCUT2D eigenvalue weighted by atomic mass is 10.0. The van der Waals surface area contributed by atoms with Crippen molar-refractivity contribution in [3.63, 3.8) is 0 Å². The monoisotopic (exact) mass is 291 g/mol. The molecule has 1 aliphatic heterocycles. The molecule has 2 N–H and O–H groups in total. The number of rotatable bonds is 7. The van der Waals surface area contributed by atoms with Crippen LogP contribution in [0.5, 0.6) is 0 Å². The summed E-state index contributed by atoms with van der Waals surface area (Å²) in [5.41, 5.74) is 7.52. The molecule has 0 aliphatic carbocycles. The highest BCUT2D eigenvalue weighted by molar-refractivity contribution is 5.73. The van der Waals surface area contributed by atoms with Gasteiger partial charge in [0.15, 0.2) is 0 Å². The molecule has 1 aromatic rings. The van der Waals surface area contributed by atoms with Crippen LogP contribution >= 0.6 is 0 Å². The van der Waals surface area contributed by atoms with Gasteiger partial charge in [0, 0.05) is 32.3 Å². The number of aryl methyl sites for hydroxylation is 2. The predicted octanol–water partition coefficient (Wildman–Crippen LogP) is 1.68. The third-order valence-corrected chi connectivity index (χ3v) is 3.92. The van der Waals surface area contributed by atoms with Gasteiger partial charge in [-0.2, -0.15) is 0 Å². The van der Waals surface area contributed by atoms with Gasteiger partial charge >= 0.3 is 0 Å². The van der Waals surface area contributed by atoms with Crippen molar-refractivity contribution >= 4 is 11.7 Å². The molecule has 1 aromatic heterocycles. The van der Waals surface area contributed by atoms with E-state index in [1.54, 1.807) is 7.11 Å². The average molecular weight is 291 g/mol. The Labute approximate surface area is 126 Å². The number of methoxy groups -OCH3 is 1. The molecule has 21 heavy (non-hydrogen) atoms. The van der Waals surface area contributed by atoms with Crippen molar-refractivity contribution in [2.75, 3.05) is 25.1 Å². The van der Waals surface area contributed by atoms with Gasteiger partial charge in [-0.3, -0.25) is 4.79 Å². The number of aromatic nitrogens is 1. The molecule has 0 saturated carbocycles. The molecule has 0 spiro atoms. The smallest absolute Gasteiger partial charge is 0.217 e. The van der Waals surface area contributed by atoms with E-state index in [4.69, 9.17) is 15.5 Å². The summed E-state index contributed by atoms with van der Waals surface area (Å²) in [4.78, 5) is 17.9. The number of carbonyl (C=O) groups excluding carboxylic acids is 1. The van der Waals surface area contributed by atoms with Gasteiger partial charge in [-0.25, -0.2) is 4.98 Å². The number of primary amides is 1. The summed E-state index contributed by atoms with van der Waals surface area (Å²) in [5.74, 6) is 0.838. The van der Waals surface area contributed by atoms with E-state index in [0.29, 0.717) is 6.42 Å². The van der Waals surface area contributed by atoms with Gasteiger partial charge in [0.1, 0.15) is 5.82 Å². The summed E-state index contributed by atoms with van der Waals surface area (Å²) in [6, 6.07) is 4.24. The van der Waals surface area contributed by atoms with Crippen molar-refractivity contribution in [2.45, 2.75) is 45.1 Å². The second-order valence-electron chi connectivity index (χ2n) is 5.70. The molecule has 0 saturated heterocycles. The third-order valence-electron chi connectivity index (χ3n) is 3.92. The van der Waals surface area contributed by atoms with Crippen molar-refractivity contribution in [3.8, 4) is 0 Å². The fraction of sp³-hybridized carbons (Fsp3) is 0.625. The number of hydrogen-bond donors (Lipinski definition) is 1. The Morgan fingerprint density at radius 3 is 3.05 bits per heavy atom. The van der Waals surface area contributed by atoms with Crippen LogP contribution in [0.1, 0.15) is 37.4 Å². The number of anilines is 1. The van der Waals surface area contributed by atoms with E-state index in [9.17, 15) is 4.79 Å². The first-order chi connectivity index (χ1) is 10.1. The van der Waals surface area contributed by atoms with Crippen LogP contribution in [-0.4, -0.2) is 37.2 Å². The van der Waals surface area contributed by atoms with Crippen LogP contribution in [0.3, 0.4) is 0 Å².